The Bertz CT molecular complexity index is 806. The lowest BCUT2D eigenvalue weighted by atomic mass is 10.4. The summed E-state index contributed by atoms with van der Waals surface area (Å²) in [5, 5.41) is 4.06. The van der Waals surface area contributed by atoms with Crippen LogP contribution in [0.2, 0.25) is 0 Å². The van der Waals surface area contributed by atoms with Gasteiger partial charge in [0.15, 0.2) is 11.2 Å². The minimum atomic E-state index is -0.388. The van der Waals surface area contributed by atoms with Gasteiger partial charge in [0.25, 0.3) is 5.56 Å². The second-order valence-corrected chi connectivity index (χ2v) is 4.36. The van der Waals surface area contributed by atoms with Gasteiger partial charge in [-0.05, 0) is 6.92 Å². The molecule has 94 valence electrons. The van der Waals surface area contributed by atoms with Gasteiger partial charge in [-0.3, -0.25) is 18.5 Å². The fourth-order valence-corrected chi connectivity index (χ4v) is 2.10. The number of nitrogens with zero attached hydrogens (tertiary/aromatic N) is 5. The van der Waals surface area contributed by atoms with Gasteiger partial charge in [-0.15, -0.1) is 0 Å². The molecule has 8 heteroatoms. The first kappa shape index (κ1) is 10.8. The zero-order valence-electron chi connectivity index (χ0n) is 10.3. The van der Waals surface area contributed by atoms with Gasteiger partial charge in [0.2, 0.25) is 5.95 Å². The van der Waals surface area contributed by atoms with Crippen molar-refractivity contribution in [3.63, 3.8) is 0 Å². The van der Waals surface area contributed by atoms with E-state index in [0.29, 0.717) is 23.7 Å². The molecule has 3 heterocycles. The molecule has 1 aliphatic heterocycles. The maximum atomic E-state index is 12.2. The van der Waals surface area contributed by atoms with E-state index in [2.05, 4.69) is 15.5 Å². The van der Waals surface area contributed by atoms with E-state index in [1.165, 1.54) is 11.6 Å². The summed E-state index contributed by atoms with van der Waals surface area (Å²) >= 11 is 0. The molecular formula is C10H12N6O2. The van der Waals surface area contributed by atoms with Crippen LogP contribution in [-0.2, 0) is 20.6 Å². The fourth-order valence-electron chi connectivity index (χ4n) is 2.10. The van der Waals surface area contributed by atoms with Crippen molar-refractivity contribution < 1.29 is 0 Å². The molecule has 0 saturated carbocycles. The number of hydrogen-bond acceptors (Lipinski definition) is 5. The number of nitrogens with one attached hydrogen (secondary N) is 1. The van der Waals surface area contributed by atoms with Crippen LogP contribution in [0.1, 0.15) is 6.92 Å². The van der Waals surface area contributed by atoms with Crippen LogP contribution in [0, 0.1) is 0 Å². The molecule has 1 N–H and O–H groups in total. The molecule has 0 saturated heterocycles. The second-order valence-electron chi connectivity index (χ2n) is 4.36. The van der Waals surface area contributed by atoms with Gasteiger partial charge < -0.3 is 0 Å². The standard InChI is InChI=1S/C10H12N6O2/c1-5-4-16-6-7(11-9(16)13-12-5)14(2)10(18)15(3)8(6)17/h4H2,1-3H3,(H,11,13). The van der Waals surface area contributed by atoms with Crippen molar-refractivity contribution in [3.05, 3.63) is 20.8 Å². The van der Waals surface area contributed by atoms with Gasteiger partial charge in [-0.2, -0.15) is 10.1 Å². The SMILES string of the molecule is CC1=NNc2nc3c(c(=O)n(C)c(=O)n3C)n2C1. The summed E-state index contributed by atoms with van der Waals surface area (Å²) < 4.78 is 4.18. The summed E-state index contributed by atoms with van der Waals surface area (Å²) in [5.74, 6) is 0.480. The van der Waals surface area contributed by atoms with E-state index in [9.17, 15) is 9.59 Å². The molecule has 0 atom stereocenters. The number of aromatic nitrogens is 4. The van der Waals surface area contributed by atoms with Crippen LogP contribution in [0.4, 0.5) is 5.95 Å². The Morgan fingerprint density at radius 3 is 2.67 bits per heavy atom. The third-order valence-electron chi connectivity index (χ3n) is 3.08. The first-order chi connectivity index (χ1) is 8.50. The fraction of sp³-hybridized carbons (Fsp3) is 0.400. The topological polar surface area (TPSA) is 86.2 Å². The molecule has 0 aromatic carbocycles. The first-order valence-corrected chi connectivity index (χ1v) is 5.46. The molecule has 0 fully saturated rings. The Labute approximate surface area is 101 Å². The quantitative estimate of drug-likeness (QED) is 0.663. The number of rotatable bonds is 0. The van der Waals surface area contributed by atoms with E-state index in [1.807, 2.05) is 6.92 Å². The van der Waals surface area contributed by atoms with E-state index in [4.69, 9.17) is 0 Å². The average molecular weight is 248 g/mol. The highest BCUT2D eigenvalue weighted by atomic mass is 16.2. The first-order valence-electron chi connectivity index (χ1n) is 5.46. The van der Waals surface area contributed by atoms with Crippen molar-refractivity contribution >= 4 is 22.8 Å². The lowest BCUT2D eigenvalue weighted by Crippen LogP contribution is -2.37. The molecule has 2 aromatic rings. The number of imidazole rings is 1. The Hall–Kier alpha value is -2.38. The van der Waals surface area contributed by atoms with Crippen LogP contribution < -0.4 is 16.7 Å². The summed E-state index contributed by atoms with van der Waals surface area (Å²) in [6.45, 7) is 2.35. The van der Waals surface area contributed by atoms with Gasteiger partial charge in [0.05, 0.1) is 12.3 Å². The molecule has 18 heavy (non-hydrogen) atoms. The summed E-state index contributed by atoms with van der Waals surface area (Å²) in [6, 6.07) is 0. The third kappa shape index (κ3) is 1.19. The maximum Gasteiger partial charge on any atom is 0.332 e. The Kier molecular flexibility index (Phi) is 1.98. The Morgan fingerprint density at radius 2 is 1.94 bits per heavy atom. The van der Waals surface area contributed by atoms with E-state index >= 15 is 0 Å². The van der Waals surface area contributed by atoms with Gasteiger partial charge >= 0.3 is 5.69 Å². The van der Waals surface area contributed by atoms with Crippen LogP contribution >= 0.6 is 0 Å². The zero-order chi connectivity index (χ0) is 13.0. The molecule has 0 aliphatic carbocycles. The van der Waals surface area contributed by atoms with Crippen molar-refractivity contribution in [1.29, 1.82) is 0 Å². The zero-order valence-corrected chi connectivity index (χ0v) is 10.3. The molecule has 3 rings (SSSR count). The molecule has 0 radical (unpaired) electrons. The van der Waals surface area contributed by atoms with Gasteiger partial charge in [0.1, 0.15) is 0 Å². The van der Waals surface area contributed by atoms with Gasteiger partial charge in [-0.25, -0.2) is 10.2 Å². The van der Waals surface area contributed by atoms with Crippen molar-refractivity contribution in [2.75, 3.05) is 5.43 Å². The highest BCUT2D eigenvalue weighted by molar-refractivity contribution is 5.87. The third-order valence-corrected chi connectivity index (χ3v) is 3.08. The predicted octanol–water partition coefficient (Wildman–Crippen LogP) is -0.765. The number of hydrogen-bond donors (Lipinski definition) is 1. The molecule has 0 bridgehead atoms. The number of hydrazone groups is 1. The summed E-state index contributed by atoms with van der Waals surface area (Å²) in [6.07, 6.45) is 0. The van der Waals surface area contributed by atoms with Crippen molar-refractivity contribution in [3.8, 4) is 0 Å². The Morgan fingerprint density at radius 1 is 1.22 bits per heavy atom. The van der Waals surface area contributed by atoms with Crippen molar-refractivity contribution in [1.82, 2.24) is 18.7 Å². The van der Waals surface area contributed by atoms with Crippen molar-refractivity contribution in [2.45, 2.75) is 13.5 Å². The van der Waals surface area contributed by atoms with E-state index in [0.717, 1.165) is 10.3 Å². The highest BCUT2D eigenvalue weighted by Crippen LogP contribution is 2.17. The average Bonchev–Trinajstić information content (AvgIpc) is 2.72. The summed E-state index contributed by atoms with van der Waals surface area (Å²) in [5.41, 5.74) is 3.67. The molecule has 0 amide bonds. The Balaban J connectivity index is 2.51. The lowest BCUT2D eigenvalue weighted by Gasteiger charge is -2.13. The molecule has 8 nitrogen and oxygen atoms in total. The smallest absolute Gasteiger partial charge is 0.297 e. The van der Waals surface area contributed by atoms with Crippen molar-refractivity contribution in [2.24, 2.45) is 19.2 Å². The number of fused-ring (bicyclic) bond motifs is 3. The van der Waals surface area contributed by atoms with Gasteiger partial charge in [0, 0.05) is 14.1 Å². The molecular weight excluding hydrogens is 236 g/mol. The van der Waals surface area contributed by atoms with Crippen LogP contribution in [0.3, 0.4) is 0 Å². The largest absolute Gasteiger partial charge is 0.332 e. The van der Waals surface area contributed by atoms with E-state index in [1.54, 1.807) is 11.6 Å². The second kappa shape index (κ2) is 3.31. The number of anilines is 1. The molecule has 1 aliphatic rings. The molecule has 2 aromatic heterocycles. The van der Waals surface area contributed by atoms with Gasteiger partial charge in [-0.1, -0.05) is 0 Å². The normalized spacial score (nSPS) is 14.3. The summed E-state index contributed by atoms with van der Waals surface area (Å²) in [4.78, 5) is 28.2. The van der Waals surface area contributed by atoms with Crippen LogP contribution in [0.5, 0.6) is 0 Å². The minimum absolute atomic E-state index is 0.344. The van der Waals surface area contributed by atoms with Crippen LogP contribution in [0.15, 0.2) is 14.7 Å². The molecule has 0 unspecified atom stereocenters. The van der Waals surface area contributed by atoms with Crippen LogP contribution in [-0.4, -0.2) is 24.4 Å². The number of aryl methyl sites for hydroxylation is 1. The monoisotopic (exact) mass is 248 g/mol. The lowest BCUT2D eigenvalue weighted by molar-refractivity contribution is 0.704. The van der Waals surface area contributed by atoms with E-state index in [-0.39, 0.29) is 11.2 Å². The van der Waals surface area contributed by atoms with Crippen LogP contribution in [0.25, 0.3) is 11.2 Å². The summed E-state index contributed by atoms with van der Waals surface area (Å²) in [7, 11) is 3.05. The predicted molar refractivity (Wildman–Crippen MR) is 66.9 cm³/mol. The van der Waals surface area contributed by atoms with E-state index < -0.39 is 0 Å². The maximum absolute atomic E-state index is 12.2. The molecule has 0 spiro atoms. The minimum Gasteiger partial charge on any atom is -0.297 e. The highest BCUT2D eigenvalue weighted by Gasteiger charge is 2.21.